The summed E-state index contributed by atoms with van der Waals surface area (Å²) in [7, 11) is -1.48. The Kier molecular flexibility index (Phi) is 9.75. The standard InChI is InChI=1S/C11H19OSi.C5H5.2ClH.Zr/c1-5-7-10-8-6-9-11(10)12-13(2,3)4;1-2-4-5-3-1;;;/h9H,5-7H2,1-4H3;1-3H,4H2;2*1H;. The summed E-state index contributed by atoms with van der Waals surface area (Å²) in [5.74, 6) is 1.24. The van der Waals surface area contributed by atoms with Gasteiger partial charge in [0, 0.05) is 0 Å². The van der Waals surface area contributed by atoms with Gasteiger partial charge in [0.1, 0.15) is 0 Å². The van der Waals surface area contributed by atoms with Crippen molar-refractivity contribution in [2.75, 3.05) is 0 Å². The summed E-state index contributed by atoms with van der Waals surface area (Å²) >= 11 is -0.532. The fraction of sp³-hybridized carbons (Fsp3) is 0.500. The van der Waals surface area contributed by atoms with Gasteiger partial charge < -0.3 is 0 Å². The summed E-state index contributed by atoms with van der Waals surface area (Å²) in [4.78, 5) is 0. The molecular weight excluding hydrogens is 398 g/mol. The first-order chi connectivity index (χ1) is 8.99. The maximum atomic E-state index is 6.29. The van der Waals surface area contributed by atoms with Crippen molar-refractivity contribution in [1.29, 1.82) is 0 Å². The molecule has 1 nitrogen and oxygen atoms in total. The van der Waals surface area contributed by atoms with Crippen LogP contribution in [-0.4, -0.2) is 8.32 Å². The molecule has 2 aliphatic rings. The Hall–Kier alpha value is 0.440. The minimum atomic E-state index is -1.48. The third-order valence-electron chi connectivity index (χ3n) is 3.15. The van der Waals surface area contributed by atoms with Crippen LogP contribution in [0.3, 0.4) is 0 Å². The van der Waals surface area contributed by atoms with Crippen molar-refractivity contribution in [2.45, 2.75) is 52.2 Å². The molecule has 0 saturated heterocycles. The van der Waals surface area contributed by atoms with Crippen LogP contribution in [-0.2, 0) is 27.7 Å². The molecule has 5 heteroatoms. The fourth-order valence-electron chi connectivity index (χ4n) is 2.41. The van der Waals surface area contributed by atoms with Crippen LogP contribution < -0.4 is 0 Å². The molecule has 118 valence electrons. The van der Waals surface area contributed by atoms with Gasteiger partial charge in [-0.25, -0.2) is 0 Å². The van der Waals surface area contributed by atoms with Crippen molar-refractivity contribution >= 4 is 33.1 Å². The predicted molar refractivity (Wildman–Crippen MR) is 95.4 cm³/mol. The second-order valence-corrected chi connectivity index (χ2v) is 14.2. The van der Waals surface area contributed by atoms with Gasteiger partial charge in [-0.1, -0.05) is 0 Å². The molecule has 0 spiro atoms. The third kappa shape index (κ3) is 6.60. The number of hydrogen-bond donors (Lipinski definition) is 0. The van der Waals surface area contributed by atoms with Gasteiger partial charge in [-0.05, 0) is 0 Å². The van der Waals surface area contributed by atoms with Crippen molar-refractivity contribution < 1.29 is 27.7 Å². The molecule has 0 saturated carbocycles. The van der Waals surface area contributed by atoms with Gasteiger partial charge in [0.2, 0.25) is 0 Å². The second-order valence-electron chi connectivity index (χ2n) is 6.14. The Morgan fingerprint density at radius 2 is 1.90 bits per heavy atom. The van der Waals surface area contributed by atoms with Gasteiger partial charge in [0.15, 0.2) is 0 Å². The molecule has 0 aromatic rings. The normalized spacial score (nSPS) is 17.0. The SMILES string of the molecule is CCCC1=[C]([Zr][C]2=CC=CC2)CC=C1O[Si](C)(C)C.Cl.Cl. The van der Waals surface area contributed by atoms with E-state index >= 15 is 0 Å². The van der Waals surface area contributed by atoms with E-state index in [-0.39, 0.29) is 24.8 Å². The van der Waals surface area contributed by atoms with E-state index in [2.05, 4.69) is 50.9 Å². The number of halogens is 2. The van der Waals surface area contributed by atoms with Gasteiger partial charge in [-0.15, -0.1) is 24.8 Å². The first kappa shape index (κ1) is 21.4. The summed E-state index contributed by atoms with van der Waals surface area (Å²) in [6.07, 6.45) is 14.0. The number of rotatable bonds is 6. The average molecular weight is 425 g/mol. The molecule has 0 bridgehead atoms. The van der Waals surface area contributed by atoms with E-state index in [0.29, 0.717) is 0 Å². The fourth-order valence-corrected chi connectivity index (χ4v) is 6.69. The molecule has 0 amide bonds. The minimum Gasteiger partial charge on any atom is -0.147 e. The third-order valence-corrected chi connectivity index (χ3v) is 7.67. The Balaban J connectivity index is 0.00000200. The van der Waals surface area contributed by atoms with Gasteiger partial charge in [-0.3, -0.25) is 0 Å². The van der Waals surface area contributed by atoms with Crippen LogP contribution in [0.5, 0.6) is 0 Å². The monoisotopic (exact) mass is 422 g/mol. The van der Waals surface area contributed by atoms with Gasteiger partial charge in [0.25, 0.3) is 0 Å². The zero-order chi connectivity index (χ0) is 13.9. The summed E-state index contributed by atoms with van der Waals surface area (Å²) < 4.78 is 9.77. The molecule has 21 heavy (non-hydrogen) atoms. The maximum absolute atomic E-state index is 6.29. The minimum absolute atomic E-state index is 0. The average Bonchev–Trinajstić information content (AvgIpc) is 2.92. The Morgan fingerprint density at radius 3 is 2.43 bits per heavy atom. The molecule has 0 aliphatic heterocycles. The molecule has 0 unspecified atom stereocenters. The number of hydrogen-bond acceptors (Lipinski definition) is 1. The molecule has 2 aliphatic carbocycles. The zero-order valence-corrected chi connectivity index (χ0v) is 18.5. The van der Waals surface area contributed by atoms with E-state index in [1.54, 1.807) is 12.1 Å². The van der Waals surface area contributed by atoms with Crippen LogP contribution in [0.1, 0.15) is 32.6 Å². The van der Waals surface area contributed by atoms with Crippen molar-refractivity contribution in [1.82, 2.24) is 0 Å². The quantitative estimate of drug-likeness (QED) is 0.479. The van der Waals surface area contributed by atoms with Crippen LogP contribution in [0, 0.1) is 0 Å². The molecule has 0 radical (unpaired) electrons. The predicted octanol–water partition coefficient (Wildman–Crippen LogP) is 5.95. The summed E-state index contributed by atoms with van der Waals surface area (Å²) in [6, 6.07) is 0. The van der Waals surface area contributed by atoms with E-state index in [4.69, 9.17) is 4.43 Å². The molecule has 0 N–H and O–H groups in total. The van der Waals surface area contributed by atoms with Crippen molar-refractivity contribution in [2.24, 2.45) is 0 Å². The summed E-state index contributed by atoms with van der Waals surface area (Å²) in [5.41, 5.74) is 1.57. The van der Waals surface area contributed by atoms with Crippen molar-refractivity contribution in [3.8, 4) is 0 Å². The number of allylic oxidation sites excluding steroid dienone is 7. The molecule has 2 rings (SSSR count). The summed E-state index contributed by atoms with van der Waals surface area (Å²) in [5, 5.41) is 0. The van der Waals surface area contributed by atoms with Crippen LogP contribution >= 0.6 is 24.8 Å². The Labute approximate surface area is 154 Å². The topological polar surface area (TPSA) is 9.23 Å². The van der Waals surface area contributed by atoms with Crippen LogP contribution in [0.25, 0.3) is 0 Å². The maximum Gasteiger partial charge on any atom is -0.147 e. The van der Waals surface area contributed by atoms with Gasteiger partial charge in [-0.2, -0.15) is 0 Å². The van der Waals surface area contributed by atoms with Crippen molar-refractivity contribution in [3.63, 3.8) is 0 Å². The van der Waals surface area contributed by atoms with Crippen molar-refractivity contribution in [3.05, 3.63) is 42.2 Å². The Morgan fingerprint density at radius 1 is 1.19 bits per heavy atom. The largest absolute Gasteiger partial charge is 0.147 e. The molecule has 0 aromatic heterocycles. The second kappa shape index (κ2) is 9.55. The molecule has 0 fully saturated rings. The van der Waals surface area contributed by atoms with E-state index in [9.17, 15) is 0 Å². The smallest absolute Gasteiger partial charge is 0.147 e. The van der Waals surface area contributed by atoms with E-state index < -0.39 is 31.6 Å². The first-order valence-electron chi connectivity index (χ1n) is 7.24. The van der Waals surface area contributed by atoms with E-state index in [1.165, 1.54) is 31.4 Å². The molecule has 0 heterocycles. The van der Waals surface area contributed by atoms with Crippen LogP contribution in [0.4, 0.5) is 0 Å². The Bertz CT molecular complexity index is 473. The molecule has 0 aromatic carbocycles. The van der Waals surface area contributed by atoms with E-state index in [1.807, 2.05) is 0 Å². The van der Waals surface area contributed by atoms with Crippen LogP contribution in [0.15, 0.2) is 42.2 Å². The summed E-state index contributed by atoms with van der Waals surface area (Å²) in [6.45, 7) is 9.10. The molecule has 0 atom stereocenters. The molecular formula is C16H26Cl2OSiZr. The van der Waals surface area contributed by atoms with Gasteiger partial charge >= 0.3 is 130 Å². The van der Waals surface area contributed by atoms with E-state index in [0.717, 1.165) is 0 Å². The van der Waals surface area contributed by atoms with Crippen LogP contribution in [0.2, 0.25) is 19.6 Å². The first-order valence-corrected chi connectivity index (χ1v) is 13.1. The van der Waals surface area contributed by atoms with Gasteiger partial charge in [0.05, 0.1) is 0 Å². The zero-order valence-electron chi connectivity index (χ0n) is 13.4.